The van der Waals surface area contributed by atoms with Crippen molar-refractivity contribution in [1.82, 2.24) is 9.80 Å². The summed E-state index contributed by atoms with van der Waals surface area (Å²) in [6.45, 7) is 3.86. The molecule has 8 heteroatoms. The summed E-state index contributed by atoms with van der Waals surface area (Å²) < 4.78 is 15.2. The molecular weight excluding hydrogens is 328 g/mol. The Morgan fingerprint density at radius 2 is 1.68 bits per heavy atom. The molecule has 0 saturated carbocycles. The highest BCUT2D eigenvalue weighted by Gasteiger charge is 2.32. The lowest BCUT2D eigenvalue weighted by molar-refractivity contribution is -0.151. The van der Waals surface area contributed by atoms with E-state index >= 15 is 0 Å². The number of amides is 1. The number of hydrogen-bond acceptors (Lipinski definition) is 7. The van der Waals surface area contributed by atoms with Crippen molar-refractivity contribution in [2.75, 3.05) is 40.0 Å². The largest absolute Gasteiger partial charge is 0.456 e. The zero-order valence-corrected chi connectivity index (χ0v) is 14.2. The van der Waals surface area contributed by atoms with Crippen molar-refractivity contribution in [1.29, 1.82) is 0 Å². The maximum Gasteiger partial charge on any atom is 0.345 e. The van der Waals surface area contributed by atoms with E-state index in [2.05, 4.69) is 4.90 Å². The number of nitrogens with zero attached hydrogens (tertiary/aromatic N) is 2. The van der Waals surface area contributed by atoms with Gasteiger partial charge < -0.3 is 23.7 Å². The summed E-state index contributed by atoms with van der Waals surface area (Å²) in [5.74, 6) is -1.46. The van der Waals surface area contributed by atoms with Crippen molar-refractivity contribution in [3.05, 3.63) is 23.3 Å². The number of likely N-dealkylation sites (N-methyl/N-ethyl adjacent to an activating group) is 1. The van der Waals surface area contributed by atoms with E-state index in [1.165, 1.54) is 0 Å². The lowest BCUT2D eigenvalue weighted by Gasteiger charge is -2.32. The molecule has 3 heterocycles. The number of fused-ring (bicyclic) bond motifs is 2. The summed E-state index contributed by atoms with van der Waals surface area (Å²) in [7, 11) is 2.00. The predicted octanol–water partition coefficient (Wildman–Crippen LogP) is 1.33. The summed E-state index contributed by atoms with van der Waals surface area (Å²) in [4.78, 5) is 40.2. The Kier molecular flexibility index (Phi) is 4.89. The Morgan fingerprint density at radius 1 is 1.04 bits per heavy atom. The number of furan rings is 2. The number of carbonyl (C=O) groups is 3. The summed E-state index contributed by atoms with van der Waals surface area (Å²) in [5, 5.41) is 0. The second-order valence-corrected chi connectivity index (χ2v) is 5.93. The molecule has 25 heavy (non-hydrogen) atoms. The maximum atomic E-state index is 12.8. The molecule has 2 bridgehead atoms. The van der Waals surface area contributed by atoms with Crippen molar-refractivity contribution in [2.24, 2.45) is 0 Å². The van der Waals surface area contributed by atoms with Crippen LogP contribution in [0.15, 0.2) is 16.5 Å². The Bertz CT molecular complexity index is 775. The molecule has 0 atom stereocenters. The zero-order chi connectivity index (χ0) is 18.0. The molecule has 2 aromatic rings. The van der Waals surface area contributed by atoms with Crippen molar-refractivity contribution in [2.45, 2.75) is 13.3 Å². The summed E-state index contributed by atoms with van der Waals surface area (Å²) in [6.07, 6.45) is 0.189. The smallest absolute Gasteiger partial charge is 0.345 e. The molecule has 0 aliphatic carbocycles. The van der Waals surface area contributed by atoms with Crippen LogP contribution in [0.25, 0.3) is 11.2 Å². The lowest BCUT2D eigenvalue weighted by Crippen LogP contribution is -2.47. The van der Waals surface area contributed by atoms with Crippen LogP contribution in [-0.4, -0.2) is 67.7 Å². The number of hydrogen-bond donors (Lipinski definition) is 0. The standard InChI is InChI=1S/C17H20N2O6/c1-3-13(20)23-10-24-17(22)15-12-5-4-11(25-12)14(15)16(21)19-8-6-18(2)7-9-19/h4-5H,3,6-10H2,1-2H3. The van der Waals surface area contributed by atoms with E-state index in [0.29, 0.717) is 24.3 Å². The topological polar surface area (TPSA) is 89.3 Å². The van der Waals surface area contributed by atoms with Crippen LogP contribution in [-0.2, 0) is 14.3 Å². The highest BCUT2D eigenvalue weighted by molar-refractivity contribution is 6.14. The summed E-state index contributed by atoms with van der Waals surface area (Å²) >= 11 is 0. The molecule has 134 valence electrons. The van der Waals surface area contributed by atoms with Crippen LogP contribution in [0.4, 0.5) is 0 Å². The first kappa shape index (κ1) is 17.2. The maximum absolute atomic E-state index is 12.8. The second-order valence-electron chi connectivity index (χ2n) is 5.93. The monoisotopic (exact) mass is 348 g/mol. The van der Waals surface area contributed by atoms with E-state index in [-0.39, 0.29) is 23.5 Å². The summed E-state index contributed by atoms with van der Waals surface area (Å²) in [6, 6.07) is 3.28. The normalized spacial score (nSPS) is 15.5. The minimum absolute atomic E-state index is 0.0916. The number of piperazine rings is 1. The fraction of sp³-hybridized carbons (Fsp3) is 0.471. The van der Waals surface area contributed by atoms with E-state index in [4.69, 9.17) is 13.9 Å². The molecular formula is C17H20N2O6. The molecule has 0 aromatic carbocycles. The van der Waals surface area contributed by atoms with Gasteiger partial charge in [0, 0.05) is 32.6 Å². The Hall–Kier alpha value is -2.61. The molecule has 2 aromatic heterocycles. The number of carbonyl (C=O) groups excluding carboxylic acids is 3. The van der Waals surface area contributed by atoms with Crippen LogP contribution in [0.2, 0.25) is 0 Å². The minimum Gasteiger partial charge on any atom is -0.456 e. The Labute approximate surface area is 144 Å². The van der Waals surface area contributed by atoms with Gasteiger partial charge in [-0.25, -0.2) is 4.79 Å². The number of esters is 2. The van der Waals surface area contributed by atoms with Gasteiger partial charge in [-0.1, -0.05) is 6.92 Å². The van der Waals surface area contributed by atoms with Gasteiger partial charge in [-0.3, -0.25) is 9.59 Å². The molecule has 1 aliphatic rings. The van der Waals surface area contributed by atoms with Crippen LogP contribution >= 0.6 is 0 Å². The molecule has 0 radical (unpaired) electrons. The van der Waals surface area contributed by atoms with E-state index in [0.717, 1.165) is 13.1 Å². The van der Waals surface area contributed by atoms with Gasteiger partial charge in [0.25, 0.3) is 5.91 Å². The van der Waals surface area contributed by atoms with E-state index in [1.807, 2.05) is 7.05 Å². The van der Waals surface area contributed by atoms with Crippen LogP contribution in [0.1, 0.15) is 34.1 Å². The van der Waals surface area contributed by atoms with E-state index in [1.54, 1.807) is 24.0 Å². The molecule has 1 saturated heterocycles. The average Bonchev–Trinajstić information content (AvgIpc) is 3.22. The van der Waals surface area contributed by atoms with Crippen molar-refractivity contribution >= 4 is 29.0 Å². The summed E-state index contributed by atoms with van der Waals surface area (Å²) in [5.41, 5.74) is 0.957. The number of ether oxygens (including phenoxy) is 2. The van der Waals surface area contributed by atoms with Gasteiger partial charge in [-0.2, -0.15) is 0 Å². The van der Waals surface area contributed by atoms with Gasteiger partial charge in [0.2, 0.25) is 6.79 Å². The van der Waals surface area contributed by atoms with E-state index in [9.17, 15) is 14.4 Å². The molecule has 8 nitrogen and oxygen atoms in total. The van der Waals surface area contributed by atoms with Crippen LogP contribution < -0.4 is 0 Å². The molecule has 0 N–H and O–H groups in total. The van der Waals surface area contributed by atoms with Gasteiger partial charge in [-0.05, 0) is 19.2 Å². The average molecular weight is 348 g/mol. The lowest BCUT2D eigenvalue weighted by atomic mass is 10.1. The number of rotatable bonds is 5. The second kappa shape index (κ2) is 7.10. The minimum atomic E-state index is -0.740. The van der Waals surface area contributed by atoms with Gasteiger partial charge in [0.05, 0.1) is 0 Å². The third kappa shape index (κ3) is 3.43. The first-order valence-electron chi connectivity index (χ1n) is 8.16. The molecule has 1 fully saturated rings. The first-order valence-corrected chi connectivity index (χ1v) is 8.16. The predicted molar refractivity (Wildman–Crippen MR) is 87.5 cm³/mol. The third-order valence-corrected chi connectivity index (χ3v) is 4.26. The Balaban J connectivity index is 1.76. The van der Waals surface area contributed by atoms with Gasteiger partial charge >= 0.3 is 11.9 Å². The van der Waals surface area contributed by atoms with Gasteiger partial charge in [0.1, 0.15) is 22.3 Å². The van der Waals surface area contributed by atoms with Gasteiger partial charge in [-0.15, -0.1) is 0 Å². The van der Waals surface area contributed by atoms with Crippen molar-refractivity contribution in [3.63, 3.8) is 0 Å². The third-order valence-electron chi connectivity index (χ3n) is 4.26. The van der Waals surface area contributed by atoms with E-state index < -0.39 is 18.7 Å². The molecule has 0 unspecified atom stereocenters. The fourth-order valence-corrected chi connectivity index (χ4v) is 2.76. The molecule has 1 amide bonds. The fourth-order valence-electron chi connectivity index (χ4n) is 2.76. The quantitative estimate of drug-likeness (QED) is 0.595. The molecule has 1 aliphatic heterocycles. The highest BCUT2D eigenvalue weighted by atomic mass is 16.7. The number of benzene rings is 1. The SMILES string of the molecule is CCC(=O)OCOC(=O)c1c(C(=O)N2CCN(C)CC2)c2ccc1o2. The zero-order valence-electron chi connectivity index (χ0n) is 14.2. The van der Waals surface area contributed by atoms with Gasteiger partial charge in [0.15, 0.2) is 0 Å². The molecule has 3 rings (SSSR count). The highest BCUT2D eigenvalue weighted by Crippen LogP contribution is 2.30. The van der Waals surface area contributed by atoms with Crippen molar-refractivity contribution in [3.8, 4) is 0 Å². The molecule has 0 spiro atoms. The Morgan fingerprint density at radius 3 is 2.32 bits per heavy atom. The first-order chi connectivity index (χ1) is 12.0. The van der Waals surface area contributed by atoms with Crippen molar-refractivity contribution < 1.29 is 28.3 Å². The van der Waals surface area contributed by atoms with Crippen LogP contribution in [0.3, 0.4) is 0 Å². The van der Waals surface area contributed by atoms with Crippen LogP contribution in [0, 0.1) is 0 Å². The van der Waals surface area contributed by atoms with Crippen LogP contribution in [0.5, 0.6) is 0 Å².